The van der Waals surface area contributed by atoms with E-state index in [1.807, 2.05) is 0 Å². The van der Waals surface area contributed by atoms with E-state index in [0.29, 0.717) is 0 Å². The van der Waals surface area contributed by atoms with Crippen molar-refractivity contribution < 1.29 is 98.6 Å². The molecule has 36 N–H and O–H groups in total. The van der Waals surface area contributed by atoms with Gasteiger partial charge in [0.15, 0.2) is 0 Å². The first kappa shape index (κ1) is 6110. The van der Waals surface area contributed by atoms with Gasteiger partial charge in [-0.15, -0.1) is 0 Å². The van der Waals surface area contributed by atoms with Gasteiger partial charge in [-0.25, -0.2) is 0 Å². The van der Waals surface area contributed by atoms with Gasteiger partial charge < -0.3 is 98.6 Å². The van der Waals surface area contributed by atoms with Crippen molar-refractivity contribution in [1.29, 1.82) is 0 Å². The summed E-state index contributed by atoms with van der Waals surface area (Å²) < 4.78 is 0. The van der Waals surface area contributed by atoms with Gasteiger partial charge in [-0.1, -0.05) is 0 Å². The first-order valence-corrected chi connectivity index (χ1v) is 0. The third kappa shape index (κ3) is 5160. The predicted octanol–water partition coefficient (Wildman–Crippen LogP) is -19.0. The molecular formula is H36Al2Be3O18Si6. The molecule has 0 saturated carbocycles. The molecule has 0 saturated heterocycles. The van der Waals surface area contributed by atoms with E-state index in [9.17, 15) is 0 Å². The monoisotopic (exact) mass is 573 g/mol. The molecule has 0 aromatic heterocycles. The molecule has 0 aromatic carbocycles. The van der Waals surface area contributed by atoms with Gasteiger partial charge in [0.1, 0.15) is 0 Å². The standard InChI is InChI=1S/2Al.3Be.18H2O.6Si/h;;;;;18*1H2;;;;;;. The van der Waals surface area contributed by atoms with E-state index in [1.54, 1.807) is 0 Å². The average molecular weight is 574 g/mol. The zero-order valence-electron chi connectivity index (χ0n) is 15.3. The molecule has 0 bridgehead atoms. The summed E-state index contributed by atoms with van der Waals surface area (Å²) in [5.74, 6) is 0. The van der Waals surface area contributed by atoms with Crippen LogP contribution >= 0.6 is 0 Å². The van der Waals surface area contributed by atoms with E-state index < -0.39 is 0 Å². The first-order valence-electron chi connectivity index (χ1n) is 0. The minimum absolute atomic E-state index is 0. The Hall–Kier alpha value is 2.15. The van der Waals surface area contributed by atoms with Crippen LogP contribution in [0.25, 0.3) is 0 Å². The van der Waals surface area contributed by atoms with E-state index in [4.69, 9.17) is 0 Å². The van der Waals surface area contributed by atoms with Gasteiger partial charge in [-0.05, 0) is 0 Å². The van der Waals surface area contributed by atoms with Crippen molar-refractivity contribution in [2.75, 3.05) is 0 Å². The Morgan fingerprint density at radius 1 is 0.138 bits per heavy atom. The molecule has 0 fully saturated rings. The second kappa shape index (κ2) is 5530. The van der Waals surface area contributed by atoms with E-state index in [0.717, 1.165) is 0 Å². The van der Waals surface area contributed by atoms with Gasteiger partial charge in [-0.3, -0.25) is 0 Å². The maximum Gasteiger partial charge on any atom is 0 e. The molecule has 0 heterocycles. The van der Waals surface area contributed by atoms with Gasteiger partial charge in [0, 0.05) is 131 Å². The van der Waals surface area contributed by atoms with Crippen molar-refractivity contribution in [2.45, 2.75) is 0 Å². The van der Waals surface area contributed by atoms with Gasteiger partial charge in [0.05, 0.1) is 0 Å². The van der Waals surface area contributed by atoms with Gasteiger partial charge >= 0.3 is 0 Å². The molecule has 0 rings (SSSR count). The van der Waals surface area contributed by atoms with E-state index in [2.05, 4.69) is 0 Å². The van der Waals surface area contributed by atoms with Crippen LogP contribution in [0.3, 0.4) is 0 Å². The fourth-order valence-corrected chi connectivity index (χ4v) is 0. The van der Waals surface area contributed by atoms with E-state index in [1.165, 1.54) is 0 Å². The summed E-state index contributed by atoms with van der Waals surface area (Å²) in [6.45, 7) is 0. The van der Waals surface area contributed by atoms with Crippen LogP contribution in [-0.2, 0) is 0 Å². The Labute approximate surface area is 228 Å². The minimum Gasteiger partial charge on any atom is -0.412 e. The van der Waals surface area contributed by atoms with Crippen LogP contribution in [0.1, 0.15) is 0 Å². The Morgan fingerprint density at radius 3 is 0.138 bits per heavy atom. The van der Waals surface area contributed by atoms with Crippen LogP contribution in [0.5, 0.6) is 0 Å². The summed E-state index contributed by atoms with van der Waals surface area (Å²) in [4.78, 5) is 0. The third-order valence-corrected chi connectivity index (χ3v) is 0. The Balaban J connectivity index is 0. The molecule has 0 amide bonds. The van der Waals surface area contributed by atoms with Gasteiger partial charge in [0.2, 0.25) is 0 Å². The second-order valence-corrected chi connectivity index (χ2v) is 0. The Kier molecular flexibility index (Phi) is 1170000. The topological polar surface area (TPSA) is 567 Å². The van der Waals surface area contributed by atoms with E-state index in [-0.39, 0.29) is 229 Å². The molecule has 0 unspecified atom stereocenters. The van der Waals surface area contributed by atoms with Crippen LogP contribution in [0.15, 0.2) is 0 Å². The molecule has 0 aliphatic carbocycles. The largest absolute Gasteiger partial charge is 0.412 e. The first-order chi connectivity index (χ1) is 0. The molecule has 36 radical (unpaired) electrons. The van der Waals surface area contributed by atoms with Crippen LogP contribution in [0.4, 0.5) is 0 Å². The van der Waals surface area contributed by atoms with Crippen LogP contribution in [0, 0.1) is 0 Å². The Bertz CT molecular complexity index is 43.6. The van der Waals surface area contributed by atoms with Gasteiger partial charge in [0.25, 0.3) is 0 Å². The molecule has 0 atom stereocenters. The Morgan fingerprint density at radius 2 is 0.138 bits per heavy atom. The van der Waals surface area contributed by atoms with Gasteiger partial charge in [-0.2, -0.15) is 0 Å². The summed E-state index contributed by atoms with van der Waals surface area (Å²) in [6, 6.07) is 0. The van der Waals surface area contributed by atoms with Crippen molar-refractivity contribution in [2.24, 2.45) is 0 Å². The number of rotatable bonds is 0. The van der Waals surface area contributed by atoms with E-state index >= 15 is 0 Å². The molecule has 0 spiro atoms. The fourth-order valence-electron chi connectivity index (χ4n) is 0. The number of hydrogen-bond donors (Lipinski definition) is 0. The maximum absolute atomic E-state index is 0. The molecule has 29 heteroatoms. The third-order valence-electron chi connectivity index (χ3n) is 0. The summed E-state index contributed by atoms with van der Waals surface area (Å²) >= 11 is 0. The fraction of sp³-hybridized carbons (Fsp3) is 0. The van der Waals surface area contributed by atoms with Crippen LogP contribution in [0.2, 0.25) is 0 Å². The van der Waals surface area contributed by atoms with Crippen LogP contribution < -0.4 is 0 Å². The van der Waals surface area contributed by atoms with Crippen molar-refractivity contribution in [3.05, 3.63) is 0 Å². The molecule has 180 valence electrons. The quantitative estimate of drug-likeness (QED) is 0.243. The average Bonchev–Trinajstić information content (AvgIpc) is 0. The smallest absolute Gasteiger partial charge is 0 e. The van der Waals surface area contributed by atoms with Crippen molar-refractivity contribution in [3.63, 3.8) is 0 Å². The second-order valence-electron chi connectivity index (χ2n) is 0. The van der Waals surface area contributed by atoms with Crippen LogP contribution in [-0.4, -0.2) is 229 Å². The minimum atomic E-state index is 0. The molecule has 18 nitrogen and oxygen atoms in total. The molecular weight excluding hydrogens is 537 g/mol. The summed E-state index contributed by atoms with van der Waals surface area (Å²) in [7, 11) is 0. The van der Waals surface area contributed by atoms with Crippen molar-refractivity contribution in [1.82, 2.24) is 0 Å². The normalized spacial score (nSPS) is 0. The summed E-state index contributed by atoms with van der Waals surface area (Å²) in [5, 5.41) is 0. The predicted molar refractivity (Wildman–Crippen MR) is 128 cm³/mol. The van der Waals surface area contributed by atoms with Crippen molar-refractivity contribution >= 4 is 131 Å². The molecule has 0 aromatic rings. The number of hydrogen-bond acceptors (Lipinski definition) is 0. The molecule has 0 aliphatic heterocycles. The summed E-state index contributed by atoms with van der Waals surface area (Å²) in [6.07, 6.45) is 0. The molecule has 29 heavy (non-hydrogen) atoms. The zero-order chi connectivity index (χ0) is 0. The van der Waals surface area contributed by atoms with Crippen molar-refractivity contribution in [3.8, 4) is 0 Å². The zero-order valence-corrected chi connectivity index (χ0v) is 23.6. The summed E-state index contributed by atoms with van der Waals surface area (Å²) in [5.41, 5.74) is 0. The maximum atomic E-state index is 0. The SMILES string of the molecule is O.O.O.O.O.O.O.O.O.O.O.O.O.O.O.O.O.O.[Al].[Al].[Be].[Be].[Be].[Si].[Si].[Si].[Si].[Si].[Si]. The molecule has 0 aliphatic rings.